The molecule has 2 N–H and O–H groups in total. The van der Waals surface area contributed by atoms with Crippen LogP contribution in [0.25, 0.3) is 11.1 Å². The van der Waals surface area contributed by atoms with Gasteiger partial charge < -0.3 is 14.8 Å². The second kappa shape index (κ2) is 5.92. The van der Waals surface area contributed by atoms with Gasteiger partial charge in [0.25, 0.3) is 0 Å². The minimum absolute atomic E-state index is 0.0972. The second-order valence-corrected chi connectivity index (χ2v) is 4.98. The Bertz CT molecular complexity index is 656. The highest BCUT2D eigenvalue weighted by Gasteiger charge is 2.14. The molecule has 0 saturated heterocycles. The van der Waals surface area contributed by atoms with E-state index in [1.54, 1.807) is 38.1 Å². The van der Waals surface area contributed by atoms with Gasteiger partial charge in [-0.25, -0.2) is 4.79 Å². The summed E-state index contributed by atoms with van der Waals surface area (Å²) in [6.07, 6.45) is -0.0185. The van der Waals surface area contributed by atoms with Crippen molar-refractivity contribution in [3.05, 3.63) is 34.8 Å². The van der Waals surface area contributed by atoms with E-state index in [4.69, 9.17) is 4.42 Å². The Kier molecular flexibility index (Phi) is 4.24. The predicted molar refractivity (Wildman–Crippen MR) is 74.4 cm³/mol. The highest BCUT2D eigenvalue weighted by Crippen LogP contribution is 2.11. The van der Waals surface area contributed by atoms with Crippen LogP contribution in [0.1, 0.15) is 20.3 Å². The van der Waals surface area contributed by atoms with Crippen LogP contribution in [0, 0.1) is 0 Å². The summed E-state index contributed by atoms with van der Waals surface area (Å²) in [6, 6.07) is 6.80. The number of carbonyl (C=O) groups is 1. The Morgan fingerprint density at radius 1 is 1.40 bits per heavy atom. The molecule has 0 spiro atoms. The van der Waals surface area contributed by atoms with Gasteiger partial charge >= 0.3 is 5.76 Å². The number of rotatable bonds is 5. The van der Waals surface area contributed by atoms with Crippen molar-refractivity contribution in [2.45, 2.75) is 39.0 Å². The third-order valence-electron chi connectivity index (χ3n) is 2.98. The van der Waals surface area contributed by atoms with Gasteiger partial charge in [-0.15, -0.1) is 0 Å². The maximum atomic E-state index is 11.9. The molecule has 20 heavy (non-hydrogen) atoms. The zero-order chi connectivity index (χ0) is 14.7. The third kappa shape index (κ3) is 3.27. The van der Waals surface area contributed by atoms with Crippen LogP contribution in [-0.2, 0) is 11.3 Å². The molecular weight excluding hydrogens is 260 g/mol. The minimum atomic E-state index is -0.551. The molecule has 2 unspecified atom stereocenters. The molecule has 1 heterocycles. The largest absolute Gasteiger partial charge is 0.420 e. The first kappa shape index (κ1) is 14.3. The highest BCUT2D eigenvalue weighted by atomic mass is 16.4. The van der Waals surface area contributed by atoms with Crippen molar-refractivity contribution < 1.29 is 14.3 Å². The molecule has 0 radical (unpaired) electrons. The van der Waals surface area contributed by atoms with E-state index in [-0.39, 0.29) is 18.5 Å². The van der Waals surface area contributed by atoms with E-state index in [0.717, 1.165) is 0 Å². The Balaban J connectivity index is 2.10. The lowest BCUT2D eigenvalue weighted by molar-refractivity contribution is -0.122. The van der Waals surface area contributed by atoms with Crippen molar-refractivity contribution in [3.63, 3.8) is 0 Å². The van der Waals surface area contributed by atoms with E-state index in [1.165, 1.54) is 4.57 Å². The molecule has 0 aliphatic heterocycles. The molecule has 1 amide bonds. The molecule has 0 aliphatic carbocycles. The van der Waals surface area contributed by atoms with Crippen LogP contribution in [0.2, 0.25) is 0 Å². The zero-order valence-electron chi connectivity index (χ0n) is 11.5. The van der Waals surface area contributed by atoms with Gasteiger partial charge in [-0.2, -0.15) is 0 Å². The smallest absolute Gasteiger partial charge is 0.408 e. The number of nitrogens with one attached hydrogen (secondary N) is 1. The van der Waals surface area contributed by atoms with Crippen molar-refractivity contribution in [3.8, 4) is 0 Å². The van der Waals surface area contributed by atoms with Crippen molar-refractivity contribution in [2.75, 3.05) is 0 Å². The summed E-state index contributed by atoms with van der Waals surface area (Å²) in [6.45, 7) is 3.37. The molecule has 6 heteroatoms. The summed E-state index contributed by atoms with van der Waals surface area (Å²) in [7, 11) is 0. The number of amides is 1. The van der Waals surface area contributed by atoms with Crippen molar-refractivity contribution in [1.29, 1.82) is 0 Å². The van der Waals surface area contributed by atoms with Crippen molar-refractivity contribution in [1.82, 2.24) is 9.88 Å². The van der Waals surface area contributed by atoms with E-state index in [1.807, 2.05) is 0 Å². The molecule has 6 nitrogen and oxygen atoms in total. The van der Waals surface area contributed by atoms with Crippen LogP contribution >= 0.6 is 0 Å². The molecular formula is C14H18N2O4. The van der Waals surface area contributed by atoms with Crippen LogP contribution in [-0.4, -0.2) is 27.7 Å². The molecule has 0 fully saturated rings. The maximum absolute atomic E-state index is 11.9. The van der Waals surface area contributed by atoms with E-state index in [2.05, 4.69) is 5.32 Å². The van der Waals surface area contributed by atoms with Crippen LogP contribution in [0.15, 0.2) is 33.5 Å². The van der Waals surface area contributed by atoms with Gasteiger partial charge in [0, 0.05) is 6.04 Å². The van der Waals surface area contributed by atoms with E-state index in [9.17, 15) is 14.7 Å². The lowest BCUT2D eigenvalue weighted by Crippen LogP contribution is -2.38. The molecule has 1 aromatic heterocycles. The number of aliphatic hydroxyl groups excluding tert-OH is 1. The van der Waals surface area contributed by atoms with Crippen LogP contribution in [0.4, 0.5) is 0 Å². The molecule has 2 rings (SSSR count). The molecule has 0 saturated carbocycles. The van der Waals surface area contributed by atoms with Gasteiger partial charge in [0.1, 0.15) is 6.54 Å². The monoisotopic (exact) mass is 278 g/mol. The Morgan fingerprint density at radius 2 is 2.10 bits per heavy atom. The van der Waals surface area contributed by atoms with E-state index >= 15 is 0 Å². The van der Waals surface area contributed by atoms with Gasteiger partial charge in [-0.1, -0.05) is 12.1 Å². The fraction of sp³-hybridized carbons (Fsp3) is 0.429. The number of nitrogens with zero attached hydrogens (tertiary/aromatic N) is 1. The number of aliphatic hydroxyl groups is 1. The predicted octanol–water partition coefficient (Wildman–Crippen LogP) is 0.870. The quantitative estimate of drug-likeness (QED) is 0.850. The summed E-state index contributed by atoms with van der Waals surface area (Å²) in [4.78, 5) is 23.6. The highest BCUT2D eigenvalue weighted by molar-refractivity contribution is 5.79. The second-order valence-electron chi connectivity index (χ2n) is 4.98. The number of benzene rings is 1. The number of carbonyl (C=O) groups excluding carboxylic acids is 1. The van der Waals surface area contributed by atoms with E-state index < -0.39 is 11.9 Å². The summed E-state index contributed by atoms with van der Waals surface area (Å²) >= 11 is 0. The molecule has 108 valence electrons. The first-order valence-electron chi connectivity index (χ1n) is 6.53. The normalized spacial score (nSPS) is 14.2. The topological polar surface area (TPSA) is 84.5 Å². The Labute approximate surface area is 116 Å². The zero-order valence-corrected chi connectivity index (χ0v) is 11.5. The number of aromatic nitrogens is 1. The van der Waals surface area contributed by atoms with Gasteiger partial charge in [0.05, 0.1) is 11.6 Å². The number of oxazole rings is 1. The summed E-state index contributed by atoms with van der Waals surface area (Å²) in [5.41, 5.74) is 1.05. The van der Waals surface area contributed by atoms with Gasteiger partial charge in [-0.3, -0.25) is 9.36 Å². The third-order valence-corrected chi connectivity index (χ3v) is 2.98. The van der Waals surface area contributed by atoms with Crippen LogP contribution in [0.3, 0.4) is 0 Å². The molecule has 0 bridgehead atoms. The molecule has 2 atom stereocenters. The minimum Gasteiger partial charge on any atom is -0.408 e. The lowest BCUT2D eigenvalue weighted by atomic mass is 10.1. The summed E-state index contributed by atoms with van der Waals surface area (Å²) in [5, 5.41) is 12.0. The first-order chi connectivity index (χ1) is 9.47. The fourth-order valence-electron chi connectivity index (χ4n) is 2.20. The van der Waals surface area contributed by atoms with Gasteiger partial charge in [0.15, 0.2) is 5.58 Å². The number of hydrogen-bond donors (Lipinski definition) is 2. The average molecular weight is 278 g/mol. The average Bonchev–Trinajstić information content (AvgIpc) is 2.65. The molecule has 1 aromatic carbocycles. The molecule has 2 aromatic rings. The lowest BCUT2D eigenvalue weighted by Gasteiger charge is -2.15. The maximum Gasteiger partial charge on any atom is 0.420 e. The van der Waals surface area contributed by atoms with Crippen LogP contribution < -0.4 is 11.1 Å². The van der Waals surface area contributed by atoms with Gasteiger partial charge in [-0.05, 0) is 32.4 Å². The number of para-hydroxylation sites is 2. The molecule has 0 aliphatic rings. The summed E-state index contributed by atoms with van der Waals surface area (Å²) < 4.78 is 6.35. The summed E-state index contributed by atoms with van der Waals surface area (Å²) in [5.74, 6) is -0.837. The van der Waals surface area contributed by atoms with Crippen molar-refractivity contribution >= 4 is 17.0 Å². The fourth-order valence-corrected chi connectivity index (χ4v) is 2.20. The standard InChI is InChI=1S/C14H18N2O4/c1-9(7-10(2)17)15-13(18)8-16-11-5-3-4-6-12(11)20-14(16)19/h3-6,9-10,17H,7-8H2,1-2H3,(H,15,18). The Hall–Kier alpha value is -2.08. The first-order valence-corrected chi connectivity index (χ1v) is 6.53. The number of hydrogen-bond acceptors (Lipinski definition) is 4. The number of fused-ring (bicyclic) bond motifs is 1. The Morgan fingerprint density at radius 3 is 2.80 bits per heavy atom. The van der Waals surface area contributed by atoms with E-state index in [0.29, 0.717) is 17.5 Å². The SMILES string of the molecule is CC(O)CC(C)NC(=O)Cn1c(=O)oc2ccccc21. The van der Waals surface area contributed by atoms with Crippen molar-refractivity contribution in [2.24, 2.45) is 0 Å². The van der Waals surface area contributed by atoms with Crippen LogP contribution in [0.5, 0.6) is 0 Å². The van der Waals surface area contributed by atoms with Gasteiger partial charge in [0.2, 0.25) is 5.91 Å².